The van der Waals surface area contributed by atoms with Crippen molar-refractivity contribution in [2.24, 2.45) is 17.8 Å². The van der Waals surface area contributed by atoms with Crippen molar-refractivity contribution in [3.63, 3.8) is 0 Å². The van der Waals surface area contributed by atoms with E-state index < -0.39 is 47.8 Å². The first kappa shape index (κ1) is 42.2. The Morgan fingerprint density at radius 1 is 0.760 bits per heavy atom. The van der Waals surface area contributed by atoms with E-state index in [1.807, 2.05) is 76.8 Å². The van der Waals surface area contributed by atoms with Crippen LogP contribution in [-0.4, -0.2) is 120 Å². The van der Waals surface area contributed by atoms with Crippen molar-refractivity contribution >= 4 is 35.4 Å². The molecule has 0 bridgehead atoms. The Balaban J connectivity index is 2.36. The molecule has 0 aromatic heterocycles. The number of likely N-dealkylation sites (tertiary alicyclic amines) is 1. The summed E-state index contributed by atoms with van der Waals surface area (Å²) in [6.45, 7) is 13.9. The molecule has 0 spiro atoms. The van der Waals surface area contributed by atoms with E-state index in [4.69, 9.17) is 0 Å². The topological polar surface area (TPSA) is 139 Å². The van der Waals surface area contributed by atoms with E-state index in [0.717, 1.165) is 24.8 Å². The normalized spacial score (nSPS) is 16.1. The van der Waals surface area contributed by atoms with Gasteiger partial charge in [0.1, 0.15) is 24.2 Å². The molecule has 2 rings (SSSR count). The smallest absolute Gasteiger partial charge is 0.245 e. The summed E-state index contributed by atoms with van der Waals surface area (Å²) < 4.78 is 0. The summed E-state index contributed by atoms with van der Waals surface area (Å²) in [5, 5.41) is 5.63. The van der Waals surface area contributed by atoms with Gasteiger partial charge in [0, 0.05) is 47.6 Å². The number of nitrogens with one attached hydrogen (secondary N) is 2. The van der Waals surface area contributed by atoms with Gasteiger partial charge in [-0.05, 0) is 49.0 Å². The molecule has 1 aromatic carbocycles. The molecule has 0 radical (unpaired) electrons. The molecular formula is C38H62N6O6. The molecule has 1 heterocycles. The molecule has 5 atom stereocenters. The summed E-state index contributed by atoms with van der Waals surface area (Å²) in [5.74, 6) is -2.43. The molecule has 0 saturated carbocycles. The third-order valence-corrected chi connectivity index (χ3v) is 9.68. The number of hydrogen-bond acceptors (Lipinski definition) is 6. The highest BCUT2D eigenvalue weighted by Crippen LogP contribution is 2.20. The third kappa shape index (κ3) is 12.1. The number of likely N-dealkylation sites (N-methyl/N-ethyl adjacent to an activating group) is 3. The summed E-state index contributed by atoms with van der Waals surface area (Å²) in [6, 6.07) is 5.90. The first-order chi connectivity index (χ1) is 23.5. The Hall–Kier alpha value is -3.96. The van der Waals surface area contributed by atoms with Crippen LogP contribution in [0.3, 0.4) is 0 Å². The fourth-order valence-corrected chi connectivity index (χ4v) is 6.35. The lowest BCUT2D eigenvalue weighted by atomic mass is 9.96. The zero-order valence-electron chi connectivity index (χ0n) is 32.0. The molecule has 1 aliphatic rings. The largest absolute Gasteiger partial charge is 0.344 e. The van der Waals surface area contributed by atoms with Crippen molar-refractivity contribution in [3.05, 3.63) is 35.9 Å². The molecule has 12 heteroatoms. The summed E-state index contributed by atoms with van der Waals surface area (Å²) >= 11 is 0. The Kier molecular flexibility index (Phi) is 16.9. The minimum absolute atomic E-state index is 0.0339. The van der Waals surface area contributed by atoms with Crippen LogP contribution in [0, 0.1) is 17.8 Å². The van der Waals surface area contributed by atoms with E-state index in [1.165, 1.54) is 28.7 Å². The van der Waals surface area contributed by atoms with Gasteiger partial charge in [-0.1, -0.05) is 78.3 Å². The Morgan fingerprint density at radius 3 is 1.86 bits per heavy atom. The van der Waals surface area contributed by atoms with Crippen LogP contribution < -0.4 is 10.6 Å². The molecule has 1 aliphatic heterocycles. The summed E-state index contributed by atoms with van der Waals surface area (Å²) in [6.07, 6.45) is 4.18. The maximum absolute atomic E-state index is 14.4. The summed E-state index contributed by atoms with van der Waals surface area (Å²) in [7, 11) is 4.63. The van der Waals surface area contributed by atoms with Crippen LogP contribution >= 0.6 is 0 Å². The fourth-order valence-electron chi connectivity index (χ4n) is 6.35. The number of hydrogen-bond donors (Lipinski definition) is 2. The molecule has 50 heavy (non-hydrogen) atoms. The van der Waals surface area contributed by atoms with Gasteiger partial charge in [-0.15, -0.1) is 0 Å². The second-order valence-electron chi connectivity index (χ2n) is 14.7. The van der Waals surface area contributed by atoms with E-state index in [2.05, 4.69) is 10.6 Å². The Morgan fingerprint density at radius 2 is 1.34 bits per heavy atom. The standard InChI is InChI=1S/C38H62N6O6/c1-11-27(6)34(38(50)44-20-16-13-17-21-44)40-32(46)24-41(8)35(47)31(23-29-18-14-12-15-19-29)42(9)36(48)30(22-25(2)3)43(10)37(49)33(26(4)5)39-28(7)45/h12,14-15,18-19,25-27,30-31,33-34H,11,13,16-17,20-24H2,1-10H3,(H,39,45)(H,40,46)/t27-,30-,31-,33-,34-/m0/s1. The van der Waals surface area contributed by atoms with Crippen molar-refractivity contribution in [1.82, 2.24) is 30.2 Å². The molecule has 1 saturated heterocycles. The molecule has 6 amide bonds. The highest BCUT2D eigenvalue weighted by molar-refractivity contribution is 5.95. The molecule has 12 nitrogen and oxygen atoms in total. The number of nitrogens with zero attached hydrogens (tertiary/aromatic N) is 4. The summed E-state index contributed by atoms with van der Waals surface area (Å²) in [4.78, 5) is 86.9. The first-order valence-electron chi connectivity index (χ1n) is 18.2. The van der Waals surface area contributed by atoms with Crippen LogP contribution in [0.2, 0.25) is 0 Å². The molecule has 280 valence electrons. The van der Waals surface area contributed by atoms with Crippen LogP contribution in [0.5, 0.6) is 0 Å². The molecule has 0 aliphatic carbocycles. The number of carbonyl (C=O) groups excluding carboxylic acids is 6. The third-order valence-electron chi connectivity index (χ3n) is 9.68. The lowest BCUT2D eigenvalue weighted by Gasteiger charge is -2.38. The predicted octanol–water partition coefficient (Wildman–Crippen LogP) is 3.09. The minimum Gasteiger partial charge on any atom is -0.344 e. The second-order valence-corrected chi connectivity index (χ2v) is 14.7. The Bertz CT molecular complexity index is 1300. The van der Waals surface area contributed by atoms with Gasteiger partial charge >= 0.3 is 0 Å². The highest BCUT2D eigenvalue weighted by Gasteiger charge is 2.39. The van der Waals surface area contributed by atoms with Crippen molar-refractivity contribution in [3.8, 4) is 0 Å². The van der Waals surface area contributed by atoms with Crippen LogP contribution in [0.25, 0.3) is 0 Å². The van der Waals surface area contributed by atoms with Gasteiger partial charge < -0.3 is 30.2 Å². The molecule has 2 N–H and O–H groups in total. The van der Waals surface area contributed by atoms with Gasteiger partial charge in [0.05, 0.1) is 6.54 Å². The van der Waals surface area contributed by atoms with Crippen LogP contribution in [0.1, 0.15) is 86.1 Å². The van der Waals surface area contributed by atoms with Gasteiger partial charge in [0.15, 0.2) is 0 Å². The lowest BCUT2D eigenvalue weighted by molar-refractivity contribution is -0.152. The van der Waals surface area contributed by atoms with Gasteiger partial charge in [0.25, 0.3) is 0 Å². The number of piperidine rings is 1. The van der Waals surface area contributed by atoms with E-state index in [0.29, 0.717) is 25.9 Å². The molecule has 1 aromatic rings. The molecular weight excluding hydrogens is 636 g/mol. The second kappa shape index (κ2) is 20.0. The van der Waals surface area contributed by atoms with Gasteiger partial charge in [-0.3, -0.25) is 28.8 Å². The highest BCUT2D eigenvalue weighted by atomic mass is 16.2. The summed E-state index contributed by atoms with van der Waals surface area (Å²) in [5.41, 5.74) is 0.822. The van der Waals surface area contributed by atoms with Crippen molar-refractivity contribution in [2.45, 2.75) is 111 Å². The lowest BCUT2D eigenvalue weighted by Crippen LogP contribution is -2.59. The number of benzene rings is 1. The fraction of sp³-hybridized carbons (Fsp3) is 0.684. The SMILES string of the molecule is CC[C@H](C)[C@H](NC(=O)CN(C)C(=O)[C@H](Cc1ccccc1)N(C)C(=O)[C@H](CC(C)C)N(C)C(=O)[C@@H](NC(C)=O)C(C)C)C(=O)N1CCCCC1. The minimum atomic E-state index is -0.988. The Labute approximate surface area is 299 Å². The van der Waals surface area contributed by atoms with E-state index >= 15 is 0 Å². The predicted molar refractivity (Wildman–Crippen MR) is 195 cm³/mol. The quantitative estimate of drug-likeness (QED) is 0.257. The molecule has 0 unspecified atom stereocenters. The van der Waals surface area contributed by atoms with Gasteiger partial charge in [-0.25, -0.2) is 0 Å². The van der Waals surface area contributed by atoms with Crippen molar-refractivity contribution in [1.29, 1.82) is 0 Å². The van der Waals surface area contributed by atoms with Crippen molar-refractivity contribution in [2.75, 3.05) is 40.8 Å². The zero-order valence-corrected chi connectivity index (χ0v) is 32.0. The van der Waals surface area contributed by atoms with Crippen molar-refractivity contribution < 1.29 is 28.8 Å². The maximum atomic E-state index is 14.4. The maximum Gasteiger partial charge on any atom is 0.245 e. The van der Waals surface area contributed by atoms with Crippen LogP contribution in [-0.2, 0) is 35.2 Å². The molecule has 1 fully saturated rings. The van der Waals surface area contributed by atoms with E-state index in [9.17, 15) is 28.8 Å². The van der Waals surface area contributed by atoms with Gasteiger partial charge in [-0.2, -0.15) is 0 Å². The van der Waals surface area contributed by atoms with Gasteiger partial charge in [0.2, 0.25) is 35.4 Å². The number of rotatable bonds is 17. The first-order valence-corrected chi connectivity index (χ1v) is 18.2. The van der Waals surface area contributed by atoms with E-state index in [1.54, 1.807) is 14.1 Å². The van der Waals surface area contributed by atoms with Crippen LogP contribution in [0.4, 0.5) is 0 Å². The average Bonchev–Trinajstić information content (AvgIpc) is 3.09. The van der Waals surface area contributed by atoms with Crippen LogP contribution in [0.15, 0.2) is 30.3 Å². The number of amides is 6. The van der Waals surface area contributed by atoms with E-state index in [-0.39, 0.29) is 42.5 Å². The zero-order chi connectivity index (χ0) is 37.7. The monoisotopic (exact) mass is 698 g/mol. The number of carbonyl (C=O) groups is 6. The average molecular weight is 699 g/mol.